The molecule has 0 saturated carbocycles. The molecule has 2 nitrogen and oxygen atoms in total. The largest absolute Gasteiger partial charge is 0.478 e. The Morgan fingerprint density at radius 1 is 1.43 bits per heavy atom. The number of allylic oxidation sites excluding steroid dienone is 1. The van der Waals surface area contributed by atoms with Gasteiger partial charge in [-0.1, -0.05) is 23.7 Å². The summed E-state index contributed by atoms with van der Waals surface area (Å²) in [6.07, 6.45) is 3.43. The van der Waals surface area contributed by atoms with Crippen LogP contribution in [0, 0.1) is 0 Å². The molecule has 0 saturated heterocycles. The molecule has 0 radical (unpaired) electrons. The minimum atomic E-state index is -0.881. The number of aliphatic carboxylic acids is 1. The second-order valence-corrected chi connectivity index (χ2v) is 3.70. The Morgan fingerprint density at radius 2 is 2.21 bits per heavy atom. The Kier molecular flexibility index (Phi) is 2.30. The van der Waals surface area contributed by atoms with Gasteiger partial charge in [0.1, 0.15) is 0 Å². The van der Waals surface area contributed by atoms with Crippen LogP contribution in [0.3, 0.4) is 0 Å². The van der Waals surface area contributed by atoms with E-state index in [0.29, 0.717) is 10.6 Å². The Morgan fingerprint density at radius 3 is 2.93 bits per heavy atom. The number of carboxylic acid groups (broad SMARTS) is 1. The Hall–Kier alpha value is -1.28. The van der Waals surface area contributed by atoms with Gasteiger partial charge < -0.3 is 5.11 Å². The van der Waals surface area contributed by atoms with Crippen LogP contribution in [0.2, 0.25) is 5.02 Å². The van der Waals surface area contributed by atoms with Gasteiger partial charge in [0.2, 0.25) is 0 Å². The molecule has 2 rings (SSSR count). The average molecular weight is 209 g/mol. The van der Waals surface area contributed by atoms with E-state index in [4.69, 9.17) is 16.7 Å². The topological polar surface area (TPSA) is 37.3 Å². The summed E-state index contributed by atoms with van der Waals surface area (Å²) in [6, 6.07) is 5.41. The van der Waals surface area contributed by atoms with E-state index in [1.54, 1.807) is 18.2 Å². The van der Waals surface area contributed by atoms with E-state index in [9.17, 15) is 4.79 Å². The normalized spacial score (nSPS) is 14.5. The van der Waals surface area contributed by atoms with Gasteiger partial charge in [-0.2, -0.15) is 0 Å². The van der Waals surface area contributed by atoms with Gasteiger partial charge in [-0.25, -0.2) is 4.79 Å². The summed E-state index contributed by atoms with van der Waals surface area (Å²) >= 11 is 5.83. The van der Waals surface area contributed by atoms with Gasteiger partial charge in [-0.15, -0.1) is 0 Å². The lowest BCUT2D eigenvalue weighted by molar-refractivity contribution is -0.130. The fourth-order valence-corrected chi connectivity index (χ4v) is 1.87. The Labute approximate surface area is 86.8 Å². The number of carboxylic acids is 1. The van der Waals surface area contributed by atoms with Gasteiger partial charge in [0.15, 0.2) is 0 Å². The highest BCUT2D eigenvalue weighted by atomic mass is 35.5. The van der Waals surface area contributed by atoms with Gasteiger partial charge >= 0.3 is 5.97 Å². The minimum absolute atomic E-state index is 0.369. The van der Waals surface area contributed by atoms with Crippen LogP contribution in [-0.2, 0) is 11.2 Å². The third-order valence-electron chi connectivity index (χ3n) is 2.35. The van der Waals surface area contributed by atoms with E-state index in [1.165, 1.54) is 0 Å². The van der Waals surface area contributed by atoms with Crippen LogP contribution in [-0.4, -0.2) is 11.1 Å². The van der Waals surface area contributed by atoms with E-state index < -0.39 is 5.97 Å². The van der Waals surface area contributed by atoms with E-state index in [1.807, 2.05) is 6.07 Å². The standard InChI is InChI=1S/C11H9ClO2/c12-8-5-4-7-2-1-3-9(11(13)14)10(7)6-8/h3-6H,1-2H2,(H,13,14). The zero-order valence-electron chi connectivity index (χ0n) is 7.46. The van der Waals surface area contributed by atoms with E-state index >= 15 is 0 Å². The molecule has 0 fully saturated rings. The summed E-state index contributed by atoms with van der Waals surface area (Å²) in [4.78, 5) is 10.9. The lowest BCUT2D eigenvalue weighted by Gasteiger charge is -2.14. The molecular formula is C11H9ClO2. The van der Waals surface area contributed by atoms with Crippen molar-refractivity contribution in [3.8, 4) is 0 Å². The molecule has 0 spiro atoms. The number of carbonyl (C=O) groups is 1. The van der Waals surface area contributed by atoms with Gasteiger partial charge in [0.25, 0.3) is 0 Å². The lowest BCUT2D eigenvalue weighted by atomic mass is 9.91. The van der Waals surface area contributed by atoms with Crippen molar-refractivity contribution < 1.29 is 9.90 Å². The monoisotopic (exact) mass is 208 g/mol. The van der Waals surface area contributed by atoms with Gasteiger partial charge in [0.05, 0.1) is 5.57 Å². The number of fused-ring (bicyclic) bond motifs is 1. The van der Waals surface area contributed by atoms with E-state index in [2.05, 4.69) is 0 Å². The van der Waals surface area contributed by atoms with Crippen LogP contribution in [0.5, 0.6) is 0 Å². The number of rotatable bonds is 1. The first kappa shape index (κ1) is 9.28. The minimum Gasteiger partial charge on any atom is -0.478 e. The van der Waals surface area contributed by atoms with Crippen molar-refractivity contribution in [2.24, 2.45) is 0 Å². The van der Waals surface area contributed by atoms with Crippen molar-refractivity contribution in [2.45, 2.75) is 12.8 Å². The van der Waals surface area contributed by atoms with Crippen LogP contribution < -0.4 is 0 Å². The highest BCUT2D eigenvalue weighted by Gasteiger charge is 2.17. The summed E-state index contributed by atoms with van der Waals surface area (Å²) in [7, 11) is 0. The van der Waals surface area contributed by atoms with E-state index in [-0.39, 0.29) is 0 Å². The van der Waals surface area contributed by atoms with Crippen LogP contribution in [0.15, 0.2) is 24.3 Å². The molecule has 72 valence electrons. The Balaban J connectivity index is 2.56. The van der Waals surface area contributed by atoms with Gasteiger partial charge in [-0.05, 0) is 36.1 Å². The number of halogens is 1. The molecule has 0 atom stereocenters. The zero-order valence-corrected chi connectivity index (χ0v) is 8.21. The molecule has 0 amide bonds. The van der Waals surface area contributed by atoms with Crippen molar-refractivity contribution in [2.75, 3.05) is 0 Å². The fraction of sp³-hybridized carbons (Fsp3) is 0.182. The van der Waals surface area contributed by atoms with Crippen molar-refractivity contribution >= 4 is 23.1 Å². The summed E-state index contributed by atoms with van der Waals surface area (Å²) in [5.41, 5.74) is 2.19. The third kappa shape index (κ3) is 1.53. The first-order chi connectivity index (χ1) is 6.68. The molecule has 1 aromatic carbocycles. The summed E-state index contributed by atoms with van der Waals surface area (Å²) < 4.78 is 0. The molecule has 3 heteroatoms. The number of hydrogen-bond acceptors (Lipinski definition) is 1. The maximum absolute atomic E-state index is 10.9. The zero-order chi connectivity index (χ0) is 10.1. The summed E-state index contributed by atoms with van der Waals surface area (Å²) in [5, 5.41) is 9.55. The van der Waals surface area contributed by atoms with Crippen molar-refractivity contribution in [1.29, 1.82) is 0 Å². The molecule has 0 heterocycles. The van der Waals surface area contributed by atoms with Crippen LogP contribution in [0.25, 0.3) is 5.57 Å². The highest BCUT2D eigenvalue weighted by Crippen LogP contribution is 2.28. The predicted octanol–water partition coefficient (Wildman–Crippen LogP) is 2.75. The number of aryl methyl sites for hydroxylation is 1. The maximum Gasteiger partial charge on any atom is 0.335 e. The average Bonchev–Trinajstić information content (AvgIpc) is 2.16. The lowest BCUT2D eigenvalue weighted by Crippen LogP contribution is -2.07. The number of benzene rings is 1. The van der Waals surface area contributed by atoms with Crippen LogP contribution in [0.1, 0.15) is 17.5 Å². The van der Waals surface area contributed by atoms with Gasteiger partial charge in [-0.3, -0.25) is 0 Å². The summed E-state index contributed by atoms with van der Waals surface area (Å²) in [5.74, 6) is -0.881. The van der Waals surface area contributed by atoms with Crippen molar-refractivity contribution in [3.05, 3.63) is 40.4 Å². The molecule has 0 aliphatic heterocycles. The molecule has 1 aromatic rings. The molecule has 0 aromatic heterocycles. The highest BCUT2D eigenvalue weighted by molar-refractivity contribution is 6.31. The molecule has 1 aliphatic carbocycles. The second-order valence-electron chi connectivity index (χ2n) is 3.26. The maximum atomic E-state index is 10.9. The van der Waals surface area contributed by atoms with Gasteiger partial charge in [0, 0.05) is 5.02 Å². The molecule has 14 heavy (non-hydrogen) atoms. The van der Waals surface area contributed by atoms with E-state index in [0.717, 1.165) is 24.0 Å². The van der Waals surface area contributed by atoms with Crippen LogP contribution in [0.4, 0.5) is 0 Å². The third-order valence-corrected chi connectivity index (χ3v) is 2.59. The quantitative estimate of drug-likeness (QED) is 0.771. The van der Waals surface area contributed by atoms with Crippen molar-refractivity contribution in [3.63, 3.8) is 0 Å². The SMILES string of the molecule is O=C(O)C1=CCCc2ccc(Cl)cc21. The fourth-order valence-electron chi connectivity index (χ4n) is 1.70. The predicted molar refractivity (Wildman–Crippen MR) is 55.4 cm³/mol. The number of hydrogen-bond donors (Lipinski definition) is 1. The molecule has 1 N–H and O–H groups in total. The first-order valence-corrected chi connectivity index (χ1v) is 4.78. The first-order valence-electron chi connectivity index (χ1n) is 4.41. The summed E-state index contributed by atoms with van der Waals surface area (Å²) in [6.45, 7) is 0. The smallest absolute Gasteiger partial charge is 0.335 e. The molecule has 0 unspecified atom stereocenters. The second kappa shape index (κ2) is 3.46. The molecular weight excluding hydrogens is 200 g/mol. The molecule has 0 bridgehead atoms. The molecule has 1 aliphatic rings. The van der Waals surface area contributed by atoms with Crippen molar-refractivity contribution in [1.82, 2.24) is 0 Å². The van der Waals surface area contributed by atoms with Crippen LogP contribution >= 0.6 is 11.6 Å². The Bertz CT molecular complexity index is 421.